The first-order chi connectivity index (χ1) is 13.9. The van der Waals surface area contributed by atoms with Crippen molar-refractivity contribution in [3.8, 4) is 0 Å². The van der Waals surface area contributed by atoms with Crippen LogP contribution < -0.4 is 14.8 Å². The second-order valence-corrected chi connectivity index (χ2v) is 10.9. The molecule has 0 unspecified atom stereocenters. The monoisotopic (exact) mass is 473 g/mol. The lowest BCUT2D eigenvalue weighted by Gasteiger charge is -2.14. The van der Waals surface area contributed by atoms with Crippen molar-refractivity contribution in [3.63, 3.8) is 0 Å². The number of amides is 1. The minimum atomic E-state index is -3.82. The molecule has 164 valence electrons. The highest BCUT2D eigenvalue weighted by Gasteiger charge is 2.19. The molecule has 0 spiro atoms. The van der Waals surface area contributed by atoms with E-state index in [-0.39, 0.29) is 33.8 Å². The van der Waals surface area contributed by atoms with Crippen molar-refractivity contribution in [1.82, 2.24) is 14.8 Å². The zero-order chi connectivity index (χ0) is 22.5. The maximum atomic E-state index is 12.5. The summed E-state index contributed by atoms with van der Waals surface area (Å²) in [5, 5.41) is 2.68. The minimum Gasteiger partial charge on any atom is -0.348 e. The van der Waals surface area contributed by atoms with E-state index >= 15 is 0 Å². The molecule has 2 aromatic carbocycles. The van der Waals surface area contributed by atoms with Crippen LogP contribution in [0.2, 0.25) is 5.02 Å². The topological polar surface area (TPSA) is 121 Å². The van der Waals surface area contributed by atoms with E-state index in [2.05, 4.69) is 14.8 Å². The highest BCUT2D eigenvalue weighted by molar-refractivity contribution is 7.89. The molecule has 0 atom stereocenters. The molecule has 0 aliphatic heterocycles. The Morgan fingerprint density at radius 1 is 1.03 bits per heavy atom. The molecule has 0 aliphatic carbocycles. The third-order valence-electron chi connectivity index (χ3n) is 4.07. The van der Waals surface area contributed by atoms with Crippen LogP contribution in [0.5, 0.6) is 0 Å². The van der Waals surface area contributed by atoms with E-state index in [0.29, 0.717) is 11.1 Å². The molecule has 0 aromatic heterocycles. The predicted octanol–water partition coefficient (Wildman–Crippen LogP) is 2.01. The zero-order valence-corrected chi connectivity index (χ0v) is 19.2. The van der Waals surface area contributed by atoms with Gasteiger partial charge in [0, 0.05) is 18.2 Å². The second kappa shape index (κ2) is 9.88. The van der Waals surface area contributed by atoms with Gasteiger partial charge in [-0.05, 0) is 50.2 Å². The molecule has 2 aromatic rings. The molecule has 11 heteroatoms. The summed E-state index contributed by atoms with van der Waals surface area (Å²) in [7, 11) is -6.10. The fraction of sp³-hybridized carbons (Fsp3) is 0.316. The summed E-state index contributed by atoms with van der Waals surface area (Å²) in [6, 6.07) is 10.6. The molecular formula is C19H24ClN3O5S2. The van der Waals surface area contributed by atoms with Crippen LogP contribution in [-0.4, -0.2) is 35.8 Å². The lowest BCUT2D eigenvalue weighted by Crippen LogP contribution is -2.32. The Morgan fingerprint density at radius 2 is 1.67 bits per heavy atom. The maximum absolute atomic E-state index is 12.5. The van der Waals surface area contributed by atoms with Gasteiger partial charge in [-0.25, -0.2) is 26.3 Å². The molecule has 8 nitrogen and oxygen atoms in total. The van der Waals surface area contributed by atoms with Gasteiger partial charge in [-0.15, -0.1) is 0 Å². The van der Waals surface area contributed by atoms with Crippen molar-refractivity contribution in [3.05, 3.63) is 64.2 Å². The molecule has 0 aliphatic rings. The Bertz CT molecular complexity index is 1130. The highest BCUT2D eigenvalue weighted by Crippen LogP contribution is 2.22. The molecule has 0 fully saturated rings. The number of carbonyl (C=O) groups excluding carboxylic acids is 1. The summed E-state index contributed by atoms with van der Waals surface area (Å²) in [6.45, 7) is 3.54. The van der Waals surface area contributed by atoms with E-state index in [1.165, 1.54) is 25.2 Å². The first kappa shape index (κ1) is 24.3. The average molecular weight is 474 g/mol. The number of sulfonamides is 2. The lowest BCUT2D eigenvalue weighted by atomic mass is 10.1. The largest absolute Gasteiger partial charge is 0.348 e. The number of carbonyl (C=O) groups is 1. The number of benzene rings is 2. The molecule has 2 rings (SSSR count). The smallest absolute Gasteiger partial charge is 0.251 e. The standard InChI is InChI=1S/C19H24ClN3O5S2/c1-13(2)23-29(25,26)12-16-7-5-4-6-15(16)11-22-19(24)14-8-9-17(20)18(10-14)30(27,28)21-3/h4-10,13,21,23H,11-12H2,1-3H3,(H,22,24). The van der Waals surface area contributed by atoms with Gasteiger partial charge in [-0.3, -0.25) is 4.79 Å². The first-order valence-corrected chi connectivity index (χ1v) is 12.5. The zero-order valence-electron chi connectivity index (χ0n) is 16.8. The average Bonchev–Trinajstić information content (AvgIpc) is 2.66. The Morgan fingerprint density at radius 3 is 2.27 bits per heavy atom. The quantitative estimate of drug-likeness (QED) is 0.514. The SMILES string of the molecule is CNS(=O)(=O)c1cc(C(=O)NCc2ccccc2CS(=O)(=O)NC(C)C)ccc1Cl. The lowest BCUT2D eigenvalue weighted by molar-refractivity contribution is 0.0950. The van der Waals surface area contributed by atoms with Crippen molar-refractivity contribution in [2.24, 2.45) is 0 Å². The van der Waals surface area contributed by atoms with Gasteiger partial charge in [0.05, 0.1) is 10.8 Å². The summed E-state index contributed by atoms with van der Waals surface area (Å²) in [4.78, 5) is 12.3. The van der Waals surface area contributed by atoms with Crippen LogP contribution in [0, 0.1) is 0 Å². The van der Waals surface area contributed by atoms with Gasteiger partial charge in [0.2, 0.25) is 20.0 Å². The van der Waals surface area contributed by atoms with Gasteiger partial charge < -0.3 is 5.32 Å². The van der Waals surface area contributed by atoms with Gasteiger partial charge in [-0.2, -0.15) is 0 Å². The van der Waals surface area contributed by atoms with E-state index < -0.39 is 26.0 Å². The van der Waals surface area contributed by atoms with Crippen LogP contribution >= 0.6 is 11.6 Å². The van der Waals surface area contributed by atoms with Gasteiger partial charge in [0.1, 0.15) is 4.90 Å². The molecular weight excluding hydrogens is 450 g/mol. The second-order valence-electron chi connectivity index (χ2n) is 6.84. The van der Waals surface area contributed by atoms with Gasteiger partial charge in [0.15, 0.2) is 0 Å². The minimum absolute atomic E-state index is 0.00546. The number of hydrogen-bond donors (Lipinski definition) is 3. The number of hydrogen-bond acceptors (Lipinski definition) is 5. The molecule has 1 amide bonds. The van der Waals surface area contributed by atoms with E-state index in [1.54, 1.807) is 38.1 Å². The third kappa shape index (κ3) is 6.51. The van der Waals surface area contributed by atoms with Crippen LogP contribution in [0.1, 0.15) is 35.3 Å². The highest BCUT2D eigenvalue weighted by atomic mass is 35.5. The van der Waals surface area contributed by atoms with E-state index in [0.717, 1.165) is 0 Å². The van der Waals surface area contributed by atoms with Crippen LogP contribution in [0.3, 0.4) is 0 Å². The van der Waals surface area contributed by atoms with Crippen LogP contribution in [0.15, 0.2) is 47.4 Å². The molecule has 30 heavy (non-hydrogen) atoms. The molecule has 0 bridgehead atoms. The van der Waals surface area contributed by atoms with Gasteiger partial charge in [-0.1, -0.05) is 35.9 Å². The third-order valence-corrected chi connectivity index (χ3v) is 7.49. The molecule has 3 N–H and O–H groups in total. The summed E-state index contributed by atoms with van der Waals surface area (Å²) in [5.74, 6) is -0.736. The van der Waals surface area contributed by atoms with Crippen molar-refractivity contribution >= 4 is 37.6 Å². The molecule has 0 heterocycles. The maximum Gasteiger partial charge on any atom is 0.251 e. The molecule has 0 saturated heterocycles. The Balaban J connectivity index is 2.19. The Kier molecular flexibility index (Phi) is 8.00. The summed E-state index contributed by atoms with van der Waals surface area (Å²) in [6.07, 6.45) is 0. The van der Waals surface area contributed by atoms with E-state index in [9.17, 15) is 21.6 Å². The molecule has 0 radical (unpaired) electrons. The normalized spacial score (nSPS) is 12.2. The van der Waals surface area contributed by atoms with Crippen LogP contribution in [-0.2, 0) is 32.3 Å². The van der Waals surface area contributed by atoms with Gasteiger partial charge >= 0.3 is 0 Å². The van der Waals surface area contributed by atoms with Gasteiger partial charge in [0.25, 0.3) is 5.91 Å². The van der Waals surface area contributed by atoms with Crippen molar-refractivity contribution in [2.45, 2.75) is 37.1 Å². The fourth-order valence-electron chi connectivity index (χ4n) is 2.71. The number of nitrogens with one attached hydrogen (secondary N) is 3. The molecule has 0 saturated carbocycles. The van der Waals surface area contributed by atoms with Crippen molar-refractivity contribution in [2.75, 3.05) is 7.05 Å². The van der Waals surface area contributed by atoms with Crippen LogP contribution in [0.4, 0.5) is 0 Å². The summed E-state index contributed by atoms with van der Waals surface area (Å²) >= 11 is 5.94. The van der Waals surface area contributed by atoms with Crippen LogP contribution in [0.25, 0.3) is 0 Å². The summed E-state index contributed by atoms with van der Waals surface area (Å²) < 4.78 is 53.2. The predicted molar refractivity (Wildman–Crippen MR) is 116 cm³/mol. The fourth-order valence-corrected chi connectivity index (χ4v) is 5.46. The van der Waals surface area contributed by atoms with Crippen molar-refractivity contribution in [1.29, 1.82) is 0 Å². The first-order valence-electron chi connectivity index (χ1n) is 9.03. The summed E-state index contributed by atoms with van der Waals surface area (Å²) in [5.41, 5.74) is 1.30. The van der Waals surface area contributed by atoms with E-state index in [4.69, 9.17) is 11.6 Å². The Hall–Kier alpha value is -1.98. The number of rotatable bonds is 9. The Labute approximate surface area is 182 Å². The van der Waals surface area contributed by atoms with E-state index in [1.807, 2.05) is 0 Å². The number of halogens is 1. The van der Waals surface area contributed by atoms with Crippen molar-refractivity contribution < 1.29 is 21.6 Å².